The fourth-order valence-electron chi connectivity index (χ4n) is 7.26. The van der Waals surface area contributed by atoms with Gasteiger partial charge in [0.05, 0.1) is 14.2 Å². The van der Waals surface area contributed by atoms with Crippen molar-refractivity contribution in [1.29, 1.82) is 0 Å². The molecule has 44 heavy (non-hydrogen) atoms. The number of hydrogen-bond acceptors (Lipinski definition) is 5. The lowest BCUT2D eigenvalue weighted by Gasteiger charge is -2.49. The van der Waals surface area contributed by atoms with Crippen molar-refractivity contribution in [2.24, 2.45) is 0 Å². The number of benzene rings is 3. The standard InChI is InChI=1S/C34H34Cl2N4O4/c1-43-21-10-11-23(30(16-21)44-2)33-32-24(22-6-3-4-9-28(22)37-32)17-29-34(42)39(19-31(41)40(29)33)20-12-14-38(15-13-20)18-25-26(35)7-5-8-27(25)36/h3-11,16,20,29,33,37H,12-15,17-19H2,1-2H3/t29-,33-/m0/s1. The SMILES string of the molecule is COc1ccc([C@H]2c3[nH]c4ccccc4c3C[C@H]3C(=O)N(C4CCN(Cc5c(Cl)cccc5Cl)CC4)CC(=O)N23)c(OC)c1. The van der Waals surface area contributed by atoms with Gasteiger partial charge in [-0.3, -0.25) is 14.5 Å². The summed E-state index contributed by atoms with van der Waals surface area (Å²) < 4.78 is 11.3. The van der Waals surface area contributed by atoms with Crippen LogP contribution in [0.2, 0.25) is 10.0 Å². The molecule has 1 aromatic heterocycles. The summed E-state index contributed by atoms with van der Waals surface area (Å²) in [5.41, 5.74) is 4.71. The van der Waals surface area contributed by atoms with Crippen molar-refractivity contribution in [2.75, 3.05) is 33.9 Å². The molecule has 228 valence electrons. The lowest BCUT2D eigenvalue weighted by atomic mass is 9.85. The number of carbonyl (C=O) groups excluding carboxylic acids is 2. The molecule has 0 unspecified atom stereocenters. The molecule has 0 aliphatic carbocycles. The molecule has 2 fully saturated rings. The fraction of sp³-hybridized carbons (Fsp3) is 0.353. The maximum atomic E-state index is 14.4. The van der Waals surface area contributed by atoms with Crippen LogP contribution in [0, 0.1) is 0 Å². The lowest BCUT2D eigenvalue weighted by molar-refractivity contribution is -0.161. The van der Waals surface area contributed by atoms with E-state index in [0.29, 0.717) is 34.5 Å². The summed E-state index contributed by atoms with van der Waals surface area (Å²) in [6, 6.07) is 18.2. The van der Waals surface area contributed by atoms with E-state index in [1.54, 1.807) is 19.1 Å². The van der Waals surface area contributed by atoms with Crippen molar-refractivity contribution < 1.29 is 19.1 Å². The van der Waals surface area contributed by atoms with E-state index in [0.717, 1.165) is 59.2 Å². The number of ether oxygens (including phenoxy) is 2. The highest BCUT2D eigenvalue weighted by atomic mass is 35.5. The van der Waals surface area contributed by atoms with Gasteiger partial charge < -0.3 is 24.3 Å². The van der Waals surface area contributed by atoms with Crippen LogP contribution in [-0.4, -0.2) is 77.4 Å². The highest BCUT2D eigenvalue weighted by Crippen LogP contribution is 2.46. The predicted molar refractivity (Wildman–Crippen MR) is 170 cm³/mol. The van der Waals surface area contributed by atoms with Crippen LogP contribution in [0.1, 0.15) is 41.3 Å². The molecule has 0 saturated carbocycles. The summed E-state index contributed by atoms with van der Waals surface area (Å²) >= 11 is 12.9. The number of H-pyrrole nitrogens is 1. The second kappa shape index (κ2) is 11.7. The van der Waals surface area contributed by atoms with Crippen molar-refractivity contribution in [3.63, 3.8) is 0 Å². The molecule has 1 N–H and O–H groups in total. The zero-order valence-electron chi connectivity index (χ0n) is 24.7. The van der Waals surface area contributed by atoms with Gasteiger partial charge in [0.1, 0.15) is 30.1 Å². The topological polar surface area (TPSA) is 78.1 Å². The Kier molecular flexibility index (Phi) is 7.69. The number of nitrogens with zero attached hydrogens (tertiary/aromatic N) is 3. The van der Waals surface area contributed by atoms with Crippen molar-refractivity contribution >= 4 is 45.9 Å². The summed E-state index contributed by atoms with van der Waals surface area (Å²) in [4.78, 5) is 38.1. The van der Waals surface area contributed by atoms with Crippen LogP contribution in [0.15, 0.2) is 60.7 Å². The molecule has 4 aromatic rings. The first-order valence-electron chi connectivity index (χ1n) is 15.0. The molecule has 8 nitrogen and oxygen atoms in total. The number of methoxy groups -OCH3 is 2. The summed E-state index contributed by atoms with van der Waals surface area (Å²) in [7, 11) is 3.22. The minimum atomic E-state index is -0.611. The van der Waals surface area contributed by atoms with Crippen LogP contribution in [-0.2, 0) is 22.6 Å². The molecule has 0 radical (unpaired) electrons. The molecule has 4 heterocycles. The van der Waals surface area contributed by atoms with Crippen LogP contribution in [0.25, 0.3) is 10.9 Å². The Balaban J connectivity index is 1.19. The van der Waals surface area contributed by atoms with Crippen molar-refractivity contribution in [3.05, 3.63) is 93.1 Å². The second-order valence-electron chi connectivity index (χ2n) is 11.8. The molecule has 0 spiro atoms. The van der Waals surface area contributed by atoms with Gasteiger partial charge >= 0.3 is 0 Å². The molecule has 2 saturated heterocycles. The highest BCUT2D eigenvalue weighted by molar-refractivity contribution is 6.36. The Morgan fingerprint density at radius 1 is 0.932 bits per heavy atom. The van der Waals surface area contributed by atoms with Gasteiger partial charge in [-0.25, -0.2) is 0 Å². The average molecular weight is 634 g/mol. The Labute approximate surface area is 266 Å². The zero-order valence-corrected chi connectivity index (χ0v) is 26.2. The molecular formula is C34H34Cl2N4O4. The number of rotatable bonds is 6. The van der Waals surface area contributed by atoms with Crippen LogP contribution >= 0.6 is 23.2 Å². The predicted octanol–water partition coefficient (Wildman–Crippen LogP) is 5.84. The lowest BCUT2D eigenvalue weighted by Crippen LogP contribution is -2.65. The third-order valence-electron chi connectivity index (χ3n) is 9.47. The summed E-state index contributed by atoms with van der Waals surface area (Å²) in [6.45, 7) is 2.29. The third kappa shape index (κ3) is 4.89. The van der Waals surface area contributed by atoms with Gasteiger partial charge in [0.2, 0.25) is 11.8 Å². The number of para-hydroxylation sites is 1. The van der Waals surface area contributed by atoms with Crippen molar-refractivity contribution in [2.45, 2.75) is 43.9 Å². The van der Waals surface area contributed by atoms with Crippen LogP contribution in [0.5, 0.6) is 11.5 Å². The van der Waals surface area contributed by atoms with E-state index >= 15 is 0 Å². The van der Waals surface area contributed by atoms with Crippen molar-refractivity contribution in [1.82, 2.24) is 19.7 Å². The quantitative estimate of drug-likeness (QED) is 0.289. The largest absolute Gasteiger partial charge is 0.497 e. The van der Waals surface area contributed by atoms with Gasteiger partial charge in [-0.05, 0) is 48.7 Å². The number of likely N-dealkylation sites (tertiary alicyclic amines) is 1. The number of piperazine rings is 1. The molecule has 0 bridgehead atoms. The van der Waals surface area contributed by atoms with E-state index in [1.165, 1.54) is 0 Å². The molecule has 3 aliphatic rings. The Morgan fingerprint density at radius 2 is 1.68 bits per heavy atom. The number of aromatic amines is 1. The minimum Gasteiger partial charge on any atom is -0.497 e. The summed E-state index contributed by atoms with van der Waals surface area (Å²) in [6.07, 6.45) is 2.02. The normalized spacial score (nSPS) is 21.0. The first-order chi connectivity index (χ1) is 21.4. The number of amides is 2. The van der Waals surface area contributed by atoms with Gasteiger partial charge in [0.25, 0.3) is 0 Å². The van der Waals surface area contributed by atoms with Gasteiger partial charge in [-0.1, -0.05) is 47.5 Å². The molecule has 2 amide bonds. The molecule has 3 aromatic carbocycles. The smallest absolute Gasteiger partial charge is 0.246 e. The van der Waals surface area contributed by atoms with Crippen LogP contribution in [0.4, 0.5) is 0 Å². The Hall–Kier alpha value is -3.72. The average Bonchev–Trinajstić information content (AvgIpc) is 3.42. The number of fused-ring (bicyclic) bond motifs is 4. The van der Waals surface area contributed by atoms with Crippen LogP contribution < -0.4 is 9.47 Å². The zero-order chi connectivity index (χ0) is 30.5. The maximum Gasteiger partial charge on any atom is 0.246 e. The Bertz CT molecular complexity index is 1730. The van der Waals surface area contributed by atoms with E-state index in [-0.39, 0.29) is 24.4 Å². The maximum absolute atomic E-state index is 14.4. The minimum absolute atomic E-state index is 0.00519. The van der Waals surface area contributed by atoms with Gasteiger partial charge in [-0.2, -0.15) is 0 Å². The highest BCUT2D eigenvalue weighted by Gasteiger charge is 2.50. The number of aromatic nitrogens is 1. The molecule has 10 heteroatoms. The molecule has 7 rings (SSSR count). The van der Waals surface area contributed by atoms with E-state index < -0.39 is 12.1 Å². The fourth-order valence-corrected chi connectivity index (χ4v) is 7.78. The van der Waals surface area contributed by atoms with E-state index in [2.05, 4.69) is 16.0 Å². The second-order valence-corrected chi connectivity index (χ2v) is 12.6. The van der Waals surface area contributed by atoms with Gasteiger partial charge in [-0.15, -0.1) is 0 Å². The number of halogens is 2. The summed E-state index contributed by atoms with van der Waals surface area (Å²) in [5, 5.41) is 2.39. The van der Waals surface area contributed by atoms with Gasteiger partial charge in [0.15, 0.2) is 0 Å². The summed E-state index contributed by atoms with van der Waals surface area (Å²) in [5.74, 6) is 1.20. The van der Waals surface area contributed by atoms with E-state index in [1.807, 2.05) is 59.5 Å². The van der Waals surface area contributed by atoms with Gasteiger partial charge in [0, 0.05) is 75.9 Å². The van der Waals surface area contributed by atoms with E-state index in [9.17, 15) is 9.59 Å². The number of hydrogen-bond donors (Lipinski definition) is 1. The first kappa shape index (κ1) is 29.0. The molecule has 2 atom stereocenters. The van der Waals surface area contributed by atoms with Crippen molar-refractivity contribution in [3.8, 4) is 11.5 Å². The number of nitrogens with one attached hydrogen (secondary N) is 1. The number of carbonyl (C=O) groups is 2. The first-order valence-corrected chi connectivity index (χ1v) is 15.7. The third-order valence-corrected chi connectivity index (χ3v) is 10.2. The molecule has 3 aliphatic heterocycles. The van der Waals surface area contributed by atoms with Crippen LogP contribution in [0.3, 0.4) is 0 Å². The van der Waals surface area contributed by atoms with E-state index in [4.69, 9.17) is 32.7 Å². The number of piperidine rings is 1. The molecular weight excluding hydrogens is 599 g/mol. The Morgan fingerprint density at radius 3 is 2.41 bits per heavy atom. The monoisotopic (exact) mass is 632 g/mol.